The number of hydrogen-bond acceptors (Lipinski definition) is 5. The van der Waals surface area contributed by atoms with Crippen molar-refractivity contribution in [1.29, 1.82) is 0 Å². The van der Waals surface area contributed by atoms with Crippen molar-refractivity contribution in [2.24, 2.45) is 0 Å². The maximum atomic E-state index is 4.69. The van der Waals surface area contributed by atoms with Crippen LogP contribution in [0.2, 0.25) is 0 Å². The molecule has 0 bridgehead atoms. The number of anilines is 3. The maximum absolute atomic E-state index is 4.69. The van der Waals surface area contributed by atoms with E-state index < -0.39 is 0 Å². The molecule has 0 aliphatic carbocycles. The smallest absolute Gasteiger partial charge is 0.247 e. The molecule has 26 heavy (non-hydrogen) atoms. The van der Waals surface area contributed by atoms with E-state index in [2.05, 4.69) is 71.5 Å². The second-order valence-corrected chi connectivity index (χ2v) is 6.23. The van der Waals surface area contributed by atoms with Gasteiger partial charge in [0.25, 0.3) is 0 Å². The van der Waals surface area contributed by atoms with Crippen molar-refractivity contribution in [3.8, 4) is 0 Å². The summed E-state index contributed by atoms with van der Waals surface area (Å²) >= 11 is 0. The van der Waals surface area contributed by atoms with E-state index in [1.165, 1.54) is 16.7 Å². The Morgan fingerprint density at radius 3 is 2.54 bits per heavy atom. The van der Waals surface area contributed by atoms with Gasteiger partial charge in [0, 0.05) is 18.8 Å². The van der Waals surface area contributed by atoms with E-state index in [1.807, 2.05) is 18.2 Å². The Morgan fingerprint density at radius 2 is 1.81 bits per heavy atom. The van der Waals surface area contributed by atoms with Gasteiger partial charge in [0.05, 0.1) is 6.20 Å². The molecule has 0 unspecified atom stereocenters. The van der Waals surface area contributed by atoms with E-state index >= 15 is 0 Å². The number of nitrogens with one attached hydrogen (secondary N) is 1. The molecule has 5 heteroatoms. The van der Waals surface area contributed by atoms with Crippen LogP contribution in [0.4, 0.5) is 17.5 Å². The van der Waals surface area contributed by atoms with Crippen LogP contribution in [0, 0.1) is 6.92 Å². The standard InChI is InChI=1S/C21H25N5/c1-4-18-13-9-10-16(3)20(18)23-19-14-22-25-21(24-19)26(5-2)15-17-11-7-6-8-12-17/h6-14H,4-5,15H2,1-3H3,(H,23,24,25). The minimum Gasteiger partial charge on any atom is -0.338 e. The Hall–Kier alpha value is -2.95. The normalized spacial score (nSPS) is 10.6. The molecule has 1 heterocycles. The number of para-hydroxylation sites is 1. The average Bonchev–Trinajstić information content (AvgIpc) is 2.68. The van der Waals surface area contributed by atoms with Gasteiger partial charge >= 0.3 is 0 Å². The van der Waals surface area contributed by atoms with Crippen molar-refractivity contribution >= 4 is 17.5 Å². The van der Waals surface area contributed by atoms with Gasteiger partial charge in [-0.25, -0.2) is 0 Å². The van der Waals surface area contributed by atoms with E-state index in [1.54, 1.807) is 6.20 Å². The average molecular weight is 347 g/mol. The lowest BCUT2D eigenvalue weighted by molar-refractivity contribution is 0.771. The Bertz CT molecular complexity index is 848. The fourth-order valence-electron chi connectivity index (χ4n) is 2.95. The van der Waals surface area contributed by atoms with Crippen LogP contribution in [0.5, 0.6) is 0 Å². The third-order valence-corrected chi connectivity index (χ3v) is 4.42. The lowest BCUT2D eigenvalue weighted by atomic mass is 10.1. The van der Waals surface area contributed by atoms with Crippen LogP contribution < -0.4 is 10.2 Å². The summed E-state index contributed by atoms with van der Waals surface area (Å²) < 4.78 is 0. The third-order valence-electron chi connectivity index (χ3n) is 4.42. The van der Waals surface area contributed by atoms with Gasteiger partial charge in [0.15, 0.2) is 5.82 Å². The van der Waals surface area contributed by atoms with Crippen molar-refractivity contribution in [2.45, 2.75) is 33.7 Å². The topological polar surface area (TPSA) is 53.9 Å². The third kappa shape index (κ3) is 4.17. The largest absolute Gasteiger partial charge is 0.338 e. The summed E-state index contributed by atoms with van der Waals surface area (Å²) in [6, 6.07) is 16.7. The molecule has 0 aliphatic rings. The van der Waals surface area contributed by atoms with Crippen molar-refractivity contribution in [3.63, 3.8) is 0 Å². The molecule has 0 fully saturated rings. The van der Waals surface area contributed by atoms with E-state index in [4.69, 9.17) is 4.98 Å². The molecule has 5 nitrogen and oxygen atoms in total. The Labute approximate surface area is 155 Å². The molecule has 2 aromatic carbocycles. The van der Waals surface area contributed by atoms with Crippen LogP contribution >= 0.6 is 0 Å². The molecule has 0 saturated carbocycles. The first kappa shape index (κ1) is 17.9. The molecular formula is C21H25N5. The van der Waals surface area contributed by atoms with Crippen molar-refractivity contribution < 1.29 is 0 Å². The van der Waals surface area contributed by atoms with Crippen LogP contribution in [0.3, 0.4) is 0 Å². The Morgan fingerprint density at radius 1 is 1.00 bits per heavy atom. The molecule has 0 atom stereocenters. The first-order valence-electron chi connectivity index (χ1n) is 9.05. The summed E-state index contributed by atoms with van der Waals surface area (Å²) in [4.78, 5) is 6.81. The number of aromatic nitrogens is 3. The number of hydrogen-bond donors (Lipinski definition) is 1. The van der Waals surface area contributed by atoms with Crippen molar-refractivity contribution in [2.75, 3.05) is 16.8 Å². The van der Waals surface area contributed by atoms with Gasteiger partial charge in [-0.15, -0.1) is 5.10 Å². The van der Waals surface area contributed by atoms with Gasteiger partial charge < -0.3 is 10.2 Å². The molecule has 0 radical (unpaired) electrons. The van der Waals surface area contributed by atoms with Crippen molar-refractivity contribution in [1.82, 2.24) is 15.2 Å². The van der Waals surface area contributed by atoms with Gasteiger partial charge in [-0.05, 0) is 37.0 Å². The van der Waals surface area contributed by atoms with Crippen LogP contribution in [-0.4, -0.2) is 21.7 Å². The molecule has 1 N–H and O–H groups in total. The van der Waals surface area contributed by atoms with Gasteiger partial charge in [-0.2, -0.15) is 10.1 Å². The first-order chi connectivity index (χ1) is 12.7. The van der Waals surface area contributed by atoms with Gasteiger partial charge in [0.1, 0.15) is 0 Å². The van der Waals surface area contributed by atoms with E-state index in [0.29, 0.717) is 11.8 Å². The highest BCUT2D eigenvalue weighted by Gasteiger charge is 2.11. The summed E-state index contributed by atoms with van der Waals surface area (Å²) in [7, 11) is 0. The predicted octanol–water partition coefficient (Wildman–Crippen LogP) is 4.51. The second-order valence-electron chi connectivity index (χ2n) is 6.23. The SMILES string of the molecule is CCc1cccc(C)c1Nc1cnnc(N(CC)Cc2ccccc2)n1. The predicted molar refractivity (Wildman–Crippen MR) is 107 cm³/mol. The van der Waals surface area contributed by atoms with Crippen LogP contribution in [-0.2, 0) is 13.0 Å². The summed E-state index contributed by atoms with van der Waals surface area (Å²) in [5, 5.41) is 11.8. The van der Waals surface area contributed by atoms with E-state index in [-0.39, 0.29) is 0 Å². The van der Waals surface area contributed by atoms with Crippen LogP contribution in [0.15, 0.2) is 54.7 Å². The number of aryl methyl sites for hydroxylation is 2. The fraction of sp³-hybridized carbons (Fsp3) is 0.286. The van der Waals surface area contributed by atoms with Gasteiger partial charge in [-0.3, -0.25) is 0 Å². The fourth-order valence-corrected chi connectivity index (χ4v) is 2.95. The van der Waals surface area contributed by atoms with Crippen molar-refractivity contribution in [3.05, 3.63) is 71.4 Å². The zero-order valence-electron chi connectivity index (χ0n) is 15.6. The monoisotopic (exact) mass is 347 g/mol. The molecule has 3 aromatic rings. The molecule has 3 rings (SSSR count). The summed E-state index contributed by atoms with van der Waals surface area (Å²) in [6.45, 7) is 7.92. The lowest BCUT2D eigenvalue weighted by Gasteiger charge is -2.21. The molecule has 1 aromatic heterocycles. The zero-order valence-corrected chi connectivity index (χ0v) is 15.6. The minimum absolute atomic E-state index is 0.632. The van der Waals surface area contributed by atoms with Gasteiger partial charge in [0.2, 0.25) is 5.95 Å². The zero-order chi connectivity index (χ0) is 18.4. The quantitative estimate of drug-likeness (QED) is 0.681. The minimum atomic E-state index is 0.632. The number of benzene rings is 2. The summed E-state index contributed by atoms with van der Waals surface area (Å²) in [5.41, 5.74) is 4.79. The highest BCUT2D eigenvalue weighted by molar-refractivity contribution is 5.64. The molecule has 0 amide bonds. The maximum Gasteiger partial charge on any atom is 0.247 e. The summed E-state index contributed by atoms with van der Waals surface area (Å²) in [6.07, 6.45) is 2.64. The Balaban J connectivity index is 1.84. The highest BCUT2D eigenvalue weighted by Crippen LogP contribution is 2.25. The Kier molecular flexibility index (Phi) is 5.79. The molecule has 0 saturated heterocycles. The second kappa shape index (κ2) is 8.43. The molecule has 134 valence electrons. The van der Waals surface area contributed by atoms with Gasteiger partial charge in [-0.1, -0.05) is 55.5 Å². The highest BCUT2D eigenvalue weighted by atomic mass is 15.3. The lowest BCUT2D eigenvalue weighted by Crippen LogP contribution is -2.24. The number of nitrogens with zero attached hydrogens (tertiary/aromatic N) is 4. The molecule has 0 spiro atoms. The van der Waals surface area contributed by atoms with E-state index in [9.17, 15) is 0 Å². The van der Waals surface area contributed by atoms with E-state index in [0.717, 1.165) is 25.2 Å². The molecule has 0 aliphatic heterocycles. The summed E-state index contributed by atoms with van der Waals surface area (Å²) in [5.74, 6) is 1.35. The number of rotatable bonds is 7. The first-order valence-corrected chi connectivity index (χ1v) is 9.05. The van der Waals surface area contributed by atoms with Crippen LogP contribution in [0.1, 0.15) is 30.5 Å². The molecular weight excluding hydrogens is 322 g/mol. The van der Waals surface area contributed by atoms with Crippen LogP contribution in [0.25, 0.3) is 0 Å².